The highest BCUT2D eigenvalue weighted by atomic mass is 28.4. The van der Waals surface area contributed by atoms with Crippen molar-refractivity contribution in [2.45, 2.75) is 18.3 Å². The summed E-state index contributed by atoms with van der Waals surface area (Å²) < 4.78 is 6.36. The molecule has 3 aromatic rings. The van der Waals surface area contributed by atoms with Crippen molar-refractivity contribution >= 4 is 8.32 Å². The SMILES string of the molecule is C[Si](C)(Oc1ccccc1)C(O)(c1ccccc1)c1ccccc1. The summed E-state index contributed by atoms with van der Waals surface area (Å²) in [5.41, 5.74) is 1.73. The fraction of sp³-hybridized carbons (Fsp3) is 0.143. The summed E-state index contributed by atoms with van der Waals surface area (Å²) in [6, 6.07) is 29.3. The number of hydrogen-bond acceptors (Lipinski definition) is 2. The monoisotopic (exact) mass is 334 g/mol. The van der Waals surface area contributed by atoms with E-state index < -0.39 is 13.5 Å². The predicted octanol–water partition coefficient (Wildman–Crippen LogP) is 4.75. The van der Waals surface area contributed by atoms with Crippen LogP contribution in [-0.4, -0.2) is 13.4 Å². The molecular formula is C21H22O2Si. The maximum atomic E-state index is 11.9. The minimum atomic E-state index is -2.62. The van der Waals surface area contributed by atoms with Crippen molar-refractivity contribution in [1.82, 2.24) is 0 Å². The van der Waals surface area contributed by atoms with Crippen molar-refractivity contribution in [3.63, 3.8) is 0 Å². The second-order valence-corrected chi connectivity index (χ2v) is 10.3. The molecular weight excluding hydrogens is 312 g/mol. The van der Waals surface area contributed by atoms with E-state index in [-0.39, 0.29) is 0 Å². The van der Waals surface area contributed by atoms with Gasteiger partial charge in [-0.25, -0.2) is 0 Å². The van der Waals surface area contributed by atoms with Crippen molar-refractivity contribution in [2.24, 2.45) is 0 Å². The molecule has 0 aromatic heterocycles. The van der Waals surface area contributed by atoms with Crippen LogP contribution in [0.2, 0.25) is 13.1 Å². The molecule has 0 aliphatic carbocycles. The minimum absolute atomic E-state index is 0.791. The fourth-order valence-corrected chi connectivity index (χ4v) is 5.67. The van der Waals surface area contributed by atoms with Crippen LogP contribution in [0.15, 0.2) is 91.0 Å². The molecule has 1 N–H and O–H groups in total. The molecule has 0 amide bonds. The van der Waals surface area contributed by atoms with Gasteiger partial charge in [0.15, 0.2) is 0 Å². The third-order valence-electron chi connectivity index (χ3n) is 4.37. The van der Waals surface area contributed by atoms with Gasteiger partial charge in [0, 0.05) is 0 Å². The summed E-state index contributed by atoms with van der Waals surface area (Å²) in [6.45, 7) is 4.11. The first-order valence-corrected chi connectivity index (χ1v) is 11.0. The molecule has 3 aromatic carbocycles. The Kier molecular flexibility index (Phi) is 4.56. The van der Waals surface area contributed by atoms with Gasteiger partial charge >= 0.3 is 0 Å². The second kappa shape index (κ2) is 6.63. The van der Waals surface area contributed by atoms with E-state index in [0.717, 1.165) is 16.9 Å². The average Bonchev–Trinajstić information content (AvgIpc) is 2.63. The third-order valence-corrected chi connectivity index (χ3v) is 7.44. The lowest BCUT2D eigenvalue weighted by Crippen LogP contribution is -2.57. The van der Waals surface area contributed by atoms with Gasteiger partial charge in [0.05, 0.1) is 0 Å². The summed E-state index contributed by atoms with van der Waals surface area (Å²) in [5, 5.41) is 10.7. The zero-order valence-electron chi connectivity index (χ0n) is 14.0. The van der Waals surface area contributed by atoms with Crippen LogP contribution < -0.4 is 4.43 Å². The Morgan fingerprint density at radius 1 is 0.667 bits per heavy atom. The van der Waals surface area contributed by atoms with E-state index in [0.29, 0.717) is 0 Å². The average molecular weight is 334 g/mol. The number of rotatable bonds is 5. The maximum absolute atomic E-state index is 11.9. The molecule has 3 rings (SSSR count). The Labute approximate surface area is 144 Å². The van der Waals surface area contributed by atoms with Gasteiger partial charge in [0.1, 0.15) is 11.0 Å². The van der Waals surface area contributed by atoms with Crippen LogP contribution in [0.25, 0.3) is 0 Å². The van der Waals surface area contributed by atoms with E-state index in [1.165, 1.54) is 0 Å². The third kappa shape index (κ3) is 3.01. The zero-order chi connectivity index (χ0) is 17.0. The number of para-hydroxylation sites is 1. The number of aliphatic hydroxyl groups is 1. The van der Waals surface area contributed by atoms with Crippen LogP contribution in [0.1, 0.15) is 11.1 Å². The molecule has 122 valence electrons. The molecule has 0 saturated carbocycles. The smallest absolute Gasteiger partial charge is 0.285 e. The van der Waals surface area contributed by atoms with E-state index in [1.54, 1.807) is 0 Å². The largest absolute Gasteiger partial charge is 0.540 e. The summed E-state index contributed by atoms with van der Waals surface area (Å²) in [7, 11) is -2.62. The molecule has 0 heterocycles. The quantitative estimate of drug-likeness (QED) is 0.683. The van der Waals surface area contributed by atoms with Gasteiger partial charge in [-0.15, -0.1) is 0 Å². The normalized spacial score (nSPS) is 12.0. The summed E-state index contributed by atoms with van der Waals surface area (Å²) in [5.74, 6) is 0.791. The van der Waals surface area contributed by atoms with Crippen molar-refractivity contribution in [3.05, 3.63) is 102 Å². The van der Waals surface area contributed by atoms with Crippen LogP contribution in [0.5, 0.6) is 5.75 Å². The van der Waals surface area contributed by atoms with E-state index in [2.05, 4.69) is 13.1 Å². The van der Waals surface area contributed by atoms with Gasteiger partial charge in [-0.3, -0.25) is 0 Å². The lowest BCUT2D eigenvalue weighted by molar-refractivity contribution is 0.141. The summed E-state index contributed by atoms with van der Waals surface area (Å²) in [4.78, 5) is 0. The number of hydrogen-bond donors (Lipinski definition) is 1. The van der Waals surface area contributed by atoms with E-state index in [9.17, 15) is 5.11 Å². The van der Waals surface area contributed by atoms with Gasteiger partial charge in [-0.1, -0.05) is 78.9 Å². The van der Waals surface area contributed by atoms with Crippen LogP contribution in [-0.2, 0) is 5.22 Å². The molecule has 3 heteroatoms. The van der Waals surface area contributed by atoms with Crippen LogP contribution >= 0.6 is 0 Å². The standard InChI is InChI=1S/C21H22O2Si/c1-24(2,23-20-16-10-5-11-17-20)21(22,18-12-6-3-7-13-18)19-14-8-4-9-15-19/h3-17,22H,1-2H3. The van der Waals surface area contributed by atoms with E-state index >= 15 is 0 Å². The Hall–Kier alpha value is -2.36. The van der Waals surface area contributed by atoms with Gasteiger partial charge < -0.3 is 9.53 Å². The van der Waals surface area contributed by atoms with Crippen molar-refractivity contribution in [2.75, 3.05) is 0 Å². The van der Waals surface area contributed by atoms with Gasteiger partial charge in [-0.05, 0) is 36.4 Å². The predicted molar refractivity (Wildman–Crippen MR) is 100 cm³/mol. The molecule has 0 radical (unpaired) electrons. The van der Waals surface area contributed by atoms with Crippen molar-refractivity contribution in [3.8, 4) is 5.75 Å². The molecule has 0 aliphatic rings. The summed E-state index contributed by atoms with van der Waals surface area (Å²) >= 11 is 0. The van der Waals surface area contributed by atoms with Crippen LogP contribution in [0, 0.1) is 0 Å². The zero-order valence-corrected chi connectivity index (χ0v) is 15.0. The first-order valence-electron chi connectivity index (χ1n) is 8.11. The highest BCUT2D eigenvalue weighted by Crippen LogP contribution is 2.39. The molecule has 0 bridgehead atoms. The Morgan fingerprint density at radius 3 is 1.46 bits per heavy atom. The van der Waals surface area contributed by atoms with Crippen LogP contribution in [0.3, 0.4) is 0 Å². The van der Waals surface area contributed by atoms with E-state index in [4.69, 9.17) is 4.43 Å². The molecule has 0 unspecified atom stereocenters. The topological polar surface area (TPSA) is 29.5 Å². The summed E-state index contributed by atoms with van der Waals surface area (Å²) in [6.07, 6.45) is 0. The maximum Gasteiger partial charge on any atom is 0.285 e. The highest BCUT2D eigenvalue weighted by Gasteiger charge is 2.51. The molecule has 2 nitrogen and oxygen atoms in total. The minimum Gasteiger partial charge on any atom is -0.540 e. The molecule has 0 aliphatic heterocycles. The second-order valence-electron chi connectivity index (χ2n) is 6.37. The molecule has 0 fully saturated rings. The molecule has 0 spiro atoms. The number of benzene rings is 3. The Bertz CT molecular complexity index is 731. The van der Waals surface area contributed by atoms with E-state index in [1.807, 2.05) is 91.0 Å². The lowest BCUT2D eigenvalue weighted by Gasteiger charge is -2.41. The Balaban J connectivity index is 2.11. The van der Waals surface area contributed by atoms with Gasteiger partial charge in [-0.2, -0.15) is 0 Å². The van der Waals surface area contributed by atoms with Gasteiger partial charge in [0.25, 0.3) is 8.32 Å². The van der Waals surface area contributed by atoms with Crippen molar-refractivity contribution in [1.29, 1.82) is 0 Å². The van der Waals surface area contributed by atoms with Crippen molar-refractivity contribution < 1.29 is 9.53 Å². The first kappa shape index (κ1) is 16.5. The molecule has 0 atom stereocenters. The molecule has 0 saturated heterocycles. The van der Waals surface area contributed by atoms with Crippen LogP contribution in [0.4, 0.5) is 0 Å². The molecule has 24 heavy (non-hydrogen) atoms. The first-order chi connectivity index (χ1) is 11.5. The highest BCUT2D eigenvalue weighted by molar-refractivity contribution is 6.75. The van der Waals surface area contributed by atoms with Gasteiger partial charge in [0.2, 0.25) is 0 Å². The lowest BCUT2D eigenvalue weighted by atomic mass is 10.0. The fourth-order valence-electron chi connectivity index (χ4n) is 3.08. The Morgan fingerprint density at radius 2 is 1.04 bits per heavy atom.